The van der Waals surface area contributed by atoms with E-state index in [4.69, 9.17) is 4.98 Å². The zero-order valence-electron chi connectivity index (χ0n) is 15.6. The van der Waals surface area contributed by atoms with Crippen LogP contribution < -0.4 is 4.90 Å². The number of benzene rings is 1. The van der Waals surface area contributed by atoms with Crippen LogP contribution in [0.3, 0.4) is 0 Å². The molecule has 0 atom stereocenters. The lowest BCUT2D eigenvalue weighted by atomic mass is 9.93. The van der Waals surface area contributed by atoms with Gasteiger partial charge in [-0.15, -0.1) is 0 Å². The van der Waals surface area contributed by atoms with Crippen LogP contribution in [-0.2, 0) is 6.54 Å². The minimum atomic E-state index is 0.214. The van der Waals surface area contributed by atoms with Crippen LogP contribution in [-0.4, -0.2) is 37.9 Å². The van der Waals surface area contributed by atoms with Gasteiger partial charge in [-0.05, 0) is 50.3 Å². The molecule has 6 heteroatoms. The van der Waals surface area contributed by atoms with Crippen LogP contribution in [0.4, 0.5) is 5.82 Å². The number of piperidine rings is 1. The number of anilines is 1. The van der Waals surface area contributed by atoms with Gasteiger partial charge in [-0.3, -0.25) is 4.68 Å². The summed E-state index contributed by atoms with van der Waals surface area (Å²) in [5.41, 5.74) is 1.59. The van der Waals surface area contributed by atoms with Crippen LogP contribution in [0.25, 0.3) is 11.4 Å². The quantitative estimate of drug-likeness (QED) is 0.749. The van der Waals surface area contributed by atoms with Gasteiger partial charge in [-0.2, -0.15) is 5.10 Å². The van der Waals surface area contributed by atoms with Gasteiger partial charge in [0.25, 0.3) is 0 Å². The van der Waals surface area contributed by atoms with E-state index in [1.165, 1.54) is 6.42 Å². The van der Waals surface area contributed by atoms with E-state index in [2.05, 4.69) is 15.0 Å². The van der Waals surface area contributed by atoms with Crippen molar-refractivity contribution in [1.82, 2.24) is 19.7 Å². The first kappa shape index (κ1) is 17.5. The third kappa shape index (κ3) is 4.10. The highest BCUT2D eigenvalue weighted by molar-refractivity contribution is 5.65. The number of phenols is 1. The smallest absolute Gasteiger partial charge is 0.165 e. The van der Waals surface area contributed by atoms with Crippen LogP contribution in [0.1, 0.15) is 25.0 Å². The summed E-state index contributed by atoms with van der Waals surface area (Å²) in [5.74, 6) is 2.48. The standard InChI is InChI=1S/C21H25N5O/c1-16-15-20(24-21(23-16)18-5-2-3-6-19(18)27)25-12-7-17(8-13-25)9-14-26-11-4-10-22-26/h2-6,10-11,15,17,27H,7-9,12-14H2,1H3. The van der Waals surface area contributed by atoms with Crippen molar-refractivity contribution in [2.45, 2.75) is 32.7 Å². The second kappa shape index (κ2) is 7.78. The van der Waals surface area contributed by atoms with Gasteiger partial charge in [-0.1, -0.05) is 12.1 Å². The molecule has 0 spiro atoms. The lowest BCUT2D eigenvalue weighted by Gasteiger charge is -2.33. The van der Waals surface area contributed by atoms with Gasteiger partial charge >= 0.3 is 0 Å². The first-order chi connectivity index (χ1) is 13.2. The van der Waals surface area contributed by atoms with Crippen LogP contribution in [0.15, 0.2) is 48.8 Å². The Morgan fingerprint density at radius 2 is 1.93 bits per heavy atom. The Balaban J connectivity index is 1.43. The molecule has 0 radical (unpaired) electrons. The Hall–Kier alpha value is -2.89. The van der Waals surface area contributed by atoms with Crippen molar-refractivity contribution in [3.8, 4) is 17.1 Å². The molecule has 1 fully saturated rings. The Labute approximate surface area is 159 Å². The molecule has 6 nitrogen and oxygen atoms in total. The summed E-state index contributed by atoms with van der Waals surface area (Å²) in [6.07, 6.45) is 7.36. The van der Waals surface area contributed by atoms with E-state index in [0.29, 0.717) is 11.4 Å². The van der Waals surface area contributed by atoms with Crippen molar-refractivity contribution in [2.75, 3.05) is 18.0 Å². The van der Waals surface area contributed by atoms with Gasteiger partial charge in [0.2, 0.25) is 0 Å². The molecule has 0 bridgehead atoms. The molecule has 0 amide bonds. The highest BCUT2D eigenvalue weighted by Gasteiger charge is 2.21. The van der Waals surface area contributed by atoms with Gasteiger partial charge in [0.15, 0.2) is 5.82 Å². The van der Waals surface area contributed by atoms with Crippen molar-refractivity contribution in [3.63, 3.8) is 0 Å². The summed E-state index contributed by atoms with van der Waals surface area (Å²) >= 11 is 0. The van der Waals surface area contributed by atoms with Gasteiger partial charge in [0.05, 0.1) is 5.56 Å². The number of aryl methyl sites for hydroxylation is 2. The normalized spacial score (nSPS) is 15.2. The third-order valence-electron chi connectivity index (χ3n) is 5.25. The molecule has 1 saturated heterocycles. The number of hydrogen-bond acceptors (Lipinski definition) is 5. The SMILES string of the molecule is Cc1cc(N2CCC(CCn3cccn3)CC2)nc(-c2ccccc2O)n1. The highest BCUT2D eigenvalue weighted by Crippen LogP contribution is 2.29. The minimum Gasteiger partial charge on any atom is -0.507 e. The molecule has 2 aromatic heterocycles. The lowest BCUT2D eigenvalue weighted by molar-refractivity contribution is 0.353. The number of aromatic nitrogens is 4. The number of phenolic OH excluding ortho intramolecular Hbond substituents is 1. The summed E-state index contributed by atoms with van der Waals surface area (Å²) in [6, 6.07) is 11.2. The van der Waals surface area contributed by atoms with Crippen molar-refractivity contribution >= 4 is 5.82 Å². The Bertz CT molecular complexity index is 885. The molecule has 1 aromatic carbocycles. The van der Waals surface area contributed by atoms with Crippen molar-refractivity contribution in [2.24, 2.45) is 5.92 Å². The van der Waals surface area contributed by atoms with E-state index in [0.717, 1.165) is 49.9 Å². The van der Waals surface area contributed by atoms with Crippen LogP contribution in [0.2, 0.25) is 0 Å². The van der Waals surface area contributed by atoms with E-state index < -0.39 is 0 Å². The Morgan fingerprint density at radius 3 is 2.67 bits per heavy atom. The highest BCUT2D eigenvalue weighted by atomic mass is 16.3. The van der Waals surface area contributed by atoms with Crippen LogP contribution in [0.5, 0.6) is 5.75 Å². The average Bonchev–Trinajstić information content (AvgIpc) is 3.20. The van der Waals surface area contributed by atoms with Gasteiger partial charge in [0, 0.05) is 43.8 Å². The second-order valence-corrected chi connectivity index (χ2v) is 7.20. The fraction of sp³-hybridized carbons (Fsp3) is 0.381. The van der Waals surface area contributed by atoms with E-state index in [1.807, 2.05) is 54.3 Å². The van der Waals surface area contributed by atoms with Gasteiger partial charge < -0.3 is 10.0 Å². The maximum absolute atomic E-state index is 10.1. The summed E-state index contributed by atoms with van der Waals surface area (Å²) < 4.78 is 2.01. The number of para-hydroxylation sites is 1. The summed E-state index contributed by atoms with van der Waals surface area (Å²) in [7, 11) is 0. The summed E-state index contributed by atoms with van der Waals surface area (Å²) in [6.45, 7) is 4.97. The maximum Gasteiger partial charge on any atom is 0.165 e. The molecule has 3 aromatic rings. The largest absolute Gasteiger partial charge is 0.507 e. The molecule has 4 rings (SSSR count). The minimum absolute atomic E-state index is 0.214. The fourth-order valence-electron chi connectivity index (χ4n) is 3.70. The first-order valence-electron chi connectivity index (χ1n) is 9.55. The van der Waals surface area contributed by atoms with Crippen LogP contribution >= 0.6 is 0 Å². The topological polar surface area (TPSA) is 67.1 Å². The molecule has 140 valence electrons. The van der Waals surface area contributed by atoms with E-state index in [-0.39, 0.29) is 5.75 Å². The number of rotatable bonds is 5. The van der Waals surface area contributed by atoms with Crippen LogP contribution in [0, 0.1) is 12.8 Å². The van der Waals surface area contributed by atoms with Gasteiger partial charge in [-0.25, -0.2) is 9.97 Å². The molecule has 3 heterocycles. The third-order valence-corrected chi connectivity index (χ3v) is 5.25. The fourth-order valence-corrected chi connectivity index (χ4v) is 3.70. The predicted octanol–water partition coefficient (Wildman–Crippen LogP) is 3.66. The molecule has 1 aliphatic rings. The number of nitrogens with zero attached hydrogens (tertiary/aromatic N) is 5. The van der Waals surface area contributed by atoms with Crippen molar-refractivity contribution < 1.29 is 5.11 Å². The van der Waals surface area contributed by atoms with E-state index >= 15 is 0 Å². The van der Waals surface area contributed by atoms with Crippen molar-refractivity contribution in [3.05, 3.63) is 54.5 Å². The van der Waals surface area contributed by atoms with E-state index in [1.54, 1.807) is 6.07 Å². The molecule has 0 unspecified atom stereocenters. The van der Waals surface area contributed by atoms with E-state index in [9.17, 15) is 5.11 Å². The predicted molar refractivity (Wildman–Crippen MR) is 106 cm³/mol. The van der Waals surface area contributed by atoms with Crippen molar-refractivity contribution in [1.29, 1.82) is 0 Å². The maximum atomic E-state index is 10.1. The Kier molecular flexibility index (Phi) is 5.05. The molecule has 1 N–H and O–H groups in total. The lowest BCUT2D eigenvalue weighted by Crippen LogP contribution is -2.34. The summed E-state index contributed by atoms with van der Waals surface area (Å²) in [4.78, 5) is 11.6. The number of aromatic hydroxyl groups is 1. The molecule has 0 saturated carbocycles. The summed E-state index contributed by atoms with van der Waals surface area (Å²) in [5, 5.41) is 14.4. The zero-order valence-corrected chi connectivity index (χ0v) is 15.6. The molecular weight excluding hydrogens is 338 g/mol. The average molecular weight is 363 g/mol. The first-order valence-corrected chi connectivity index (χ1v) is 9.55. The second-order valence-electron chi connectivity index (χ2n) is 7.20. The molecule has 0 aliphatic carbocycles. The molecule has 1 aliphatic heterocycles. The molecular formula is C21H25N5O. The zero-order chi connectivity index (χ0) is 18.6. The Morgan fingerprint density at radius 1 is 1.11 bits per heavy atom. The molecule has 27 heavy (non-hydrogen) atoms. The monoisotopic (exact) mass is 363 g/mol. The number of hydrogen-bond donors (Lipinski definition) is 1. The van der Waals surface area contributed by atoms with Gasteiger partial charge in [0.1, 0.15) is 11.6 Å².